The summed E-state index contributed by atoms with van der Waals surface area (Å²) in [5.74, 6) is 2.55. The van der Waals surface area contributed by atoms with Crippen molar-refractivity contribution in [1.82, 2.24) is 19.7 Å². The Morgan fingerprint density at radius 3 is 2.53 bits per heavy atom. The summed E-state index contributed by atoms with van der Waals surface area (Å²) in [6, 6.07) is 3.72. The van der Waals surface area contributed by atoms with Crippen molar-refractivity contribution >= 4 is 5.69 Å². The summed E-state index contributed by atoms with van der Waals surface area (Å²) >= 11 is 0. The van der Waals surface area contributed by atoms with Gasteiger partial charge < -0.3 is 5.73 Å². The summed E-state index contributed by atoms with van der Waals surface area (Å²) in [5.41, 5.74) is 7.28. The van der Waals surface area contributed by atoms with Crippen molar-refractivity contribution < 1.29 is 0 Å². The highest BCUT2D eigenvalue weighted by Crippen LogP contribution is 2.13. The molecule has 5 heteroatoms. The van der Waals surface area contributed by atoms with Gasteiger partial charge in [-0.1, -0.05) is 13.8 Å². The topological polar surface area (TPSA) is 69.6 Å². The molecule has 0 radical (unpaired) electrons. The Morgan fingerprint density at radius 1 is 1.18 bits per heavy atom. The van der Waals surface area contributed by atoms with E-state index in [4.69, 9.17) is 5.73 Å². The van der Waals surface area contributed by atoms with E-state index >= 15 is 0 Å². The lowest BCUT2D eigenvalue weighted by Crippen LogP contribution is -2.06. The molecule has 0 fully saturated rings. The van der Waals surface area contributed by atoms with Crippen LogP contribution in [-0.2, 0) is 12.8 Å². The molecular formula is C12H17N5. The van der Waals surface area contributed by atoms with Crippen molar-refractivity contribution in [3.05, 3.63) is 29.5 Å². The third-order valence-electron chi connectivity index (χ3n) is 2.68. The van der Waals surface area contributed by atoms with Gasteiger partial charge in [-0.2, -0.15) is 4.68 Å². The molecule has 0 aliphatic heterocycles. The molecule has 0 amide bonds. The Morgan fingerprint density at radius 2 is 1.94 bits per heavy atom. The minimum Gasteiger partial charge on any atom is -0.397 e. The van der Waals surface area contributed by atoms with Crippen molar-refractivity contribution in [2.45, 2.75) is 33.6 Å². The predicted octanol–water partition coefficient (Wildman–Crippen LogP) is 1.68. The van der Waals surface area contributed by atoms with Crippen LogP contribution in [-0.4, -0.2) is 19.7 Å². The van der Waals surface area contributed by atoms with Crippen molar-refractivity contribution in [3.8, 4) is 5.82 Å². The second-order valence-corrected chi connectivity index (χ2v) is 3.91. The fourth-order valence-electron chi connectivity index (χ4n) is 1.63. The number of nitrogens with two attached hydrogens (primary N) is 1. The lowest BCUT2D eigenvalue weighted by Gasteiger charge is -2.05. The van der Waals surface area contributed by atoms with Crippen LogP contribution in [0.5, 0.6) is 0 Å². The first-order valence-electron chi connectivity index (χ1n) is 5.84. The molecule has 2 heterocycles. The van der Waals surface area contributed by atoms with Crippen LogP contribution in [0.4, 0.5) is 5.69 Å². The average molecular weight is 231 g/mol. The van der Waals surface area contributed by atoms with Crippen LogP contribution < -0.4 is 5.73 Å². The van der Waals surface area contributed by atoms with Crippen LogP contribution in [0.2, 0.25) is 0 Å². The summed E-state index contributed by atoms with van der Waals surface area (Å²) < 4.78 is 1.80. The molecule has 0 spiro atoms. The van der Waals surface area contributed by atoms with E-state index in [2.05, 4.69) is 22.0 Å². The van der Waals surface area contributed by atoms with Gasteiger partial charge in [-0.25, -0.2) is 9.97 Å². The average Bonchev–Trinajstić information content (AvgIpc) is 2.76. The van der Waals surface area contributed by atoms with Gasteiger partial charge in [0.15, 0.2) is 11.6 Å². The largest absolute Gasteiger partial charge is 0.397 e. The van der Waals surface area contributed by atoms with Crippen LogP contribution in [0.15, 0.2) is 12.1 Å². The standard InChI is InChI=1S/C12H17N5/c1-4-10-15-11(5-2)17(16-10)12-7-6-9(13)8(3)14-12/h6-7H,4-5,13H2,1-3H3. The lowest BCUT2D eigenvalue weighted by atomic mass is 10.3. The summed E-state index contributed by atoms with van der Waals surface area (Å²) in [6.45, 7) is 5.99. The summed E-state index contributed by atoms with van der Waals surface area (Å²) in [4.78, 5) is 8.89. The maximum absolute atomic E-state index is 5.76. The zero-order valence-corrected chi connectivity index (χ0v) is 10.4. The van der Waals surface area contributed by atoms with E-state index in [1.165, 1.54) is 0 Å². The normalized spacial score (nSPS) is 10.8. The molecular weight excluding hydrogens is 214 g/mol. The number of nitrogens with zero attached hydrogens (tertiary/aromatic N) is 4. The highest BCUT2D eigenvalue weighted by atomic mass is 15.4. The fourth-order valence-corrected chi connectivity index (χ4v) is 1.63. The van der Waals surface area contributed by atoms with E-state index < -0.39 is 0 Å². The number of aromatic nitrogens is 4. The van der Waals surface area contributed by atoms with Crippen LogP contribution in [0, 0.1) is 6.92 Å². The first kappa shape index (κ1) is 11.6. The SMILES string of the molecule is CCc1nc(CC)n(-c2ccc(N)c(C)n2)n1. The number of rotatable bonds is 3. The minimum absolute atomic E-state index is 0.697. The summed E-state index contributed by atoms with van der Waals surface area (Å²) in [6.07, 6.45) is 1.66. The molecule has 2 N–H and O–H groups in total. The third kappa shape index (κ3) is 2.13. The fraction of sp³-hybridized carbons (Fsp3) is 0.417. The van der Waals surface area contributed by atoms with Gasteiger partial charge in [0.1, 0.15) is 5.82 Å². The summed E-state index contributed by atoms with van der Waals surface area (Å²) in [7, 11) is 0. The molecule has 0 aliphatic carbocycles. The molecule has 0 atom stereocenters. The van der Waals surface area contributed by atoms with Gasteiger partial charge in [-0.05, 0) is 19.1 Å². The second kappa shape index (κ2) is 4.53. The molecule has 0 bridgehead atoms. The number of aryl methyl sites for hydroxylation is 3. The van der Waals surface area contributed by atoms with Gasteiger partial charge in [0.2, 0.25) is 0 Å². The monoisotopic (exact) mass is 231 g/mol. The Kier molecular flexibility index (Phi) is 3.08. The van der Waals surface area contributed by atoms with Gasteiger partial charge in [0.25, 0.3) is 0 Å². The Bertz CT molecular complexity index is 530. The van der Waals surface area contributed by atoms with Crippen LogP contribution in [0.25, 0.3) is 5.82 Å². The van der Waals surface area contributed by atoms with Gasteiger partial charge in [0.05, 0.1) is 11.4 Å². The second-order valence-electron chi connectivity index (χ2n) is 3.91. The van der Waals surface area contributed by atoms with Gasteiger partial charge in [0, 0.05) is 12.8 Å². The van der Waals surface area contributed by atoms with Crippen LogP contribution in [0.3, 0.4) is 0 Å². The molecule has 0 aliphatic rings. The quantitative estimate of drug-likeness (QED) is 0.872. The highest BCUT2D eigenvalue weighted by Gasteiger charge is 2.10. The van der Waals surface area contributed by atoms with E-state index in [1.54, 1.807) is 4.68 Å². The Hall–Kier alpha value is -1.91. The molecule has 90 valence electrons. The van der Waals surface area contributed by atoms with Crippen LogP contribution >= 0.6 is 0 Å². The smallest absolute Gasteiger partial charge is 0.155 e. The zero-order chi connectivity index (χ0) is 12.4. The van der Waals surface area contributed by atoms with Gasteiger partial charge in [-0.15, -0.1) is 5.10 Å². The number of pyridine rings is 1. The Labute approximate surface area is 101 Å². The maximum atomic E-state index is 5.76. The maximum Gasteiger partial charge on any atom is 0.155 e. The van der Waals surface area contributed by atoms with E-state index in [0.717, 1.165) is 36.0 Å². The van der Waals surface area contributed by atoms with E-state index in [0.29, 0.717) is 5.69 Å². The minimum atomic E-state index is 0.697. The van der Waals surface area contributed by atoms with E-state index in [1.807, 2.05) is 26.0 Å². The van der Waals surface area contributed by atoms with Gasteiger partial charge in [-0.3, -0.25) is 0 Å². The molecule has 17 heavy (non-hydrogen) atoms. The van der Waals surface area contributed by atoms with Crippen molar-refractivity contribution in [3.63, 3.8) is 0 Å². The molecule has 0 saturated carbocycles. The molecule has 2 aromatic heterocycles. The molecule has 5 nitrogen and oxygen atoms in total. The Balaban J connectivity index is 2.51. The van der Waals surface area contributed by atoms with E-state index in [9.17, 15) is 0 Å². The number of anilines is 1. The first-order chi connectivity index (χ1) is 8.15. The molecule has 2 aromatic rings. The lowest BCUT2D eigenvalue weighted by molar-refractivity contribution is 0.766. The summed E-state index contributed by atoms with van der Waals surface area (Å²) in [5, 5.41) is 4.44. The number of hydrogen-bond acceptors (Lipinski definition) is 4. The molecule has 2 rings (SSSR count). The van der Waals surface area contributed by atoms with Crippen molar-refractivity contribution in [1.29, 1.82) is 0 Å². The number of nitrogen functional groups attached to an aromatic ring is 1. The van der Waals surface area contributed by atoms with Crippen molar-refractivity contribution in [2.75, 3.05) is 5.73 Å². The van der Waals surface area contributed by atoms with Crippen molar-refractivity contribution in [2.24, 2.45) is 0 Å². The first-order valence-corrected chi connectivity index (χ1v) is 5.84. The zero-order valence-electron chi connectivity index (χ0n) is 10.4. The number of hydrogen-bond donors (Lipinski definition) is 1. The molecule has 0 aromatic carbocycles. The molecule has 0 unspecified atom stereocenters. The predicted molar refractivity (Wildman–Crippen MR) is 67.1 cm³/mol. The molecule has 0 saturated heterocycles. The van der Waals surface area contributed by atoms with Crippen LogP contribution in [0.1, 0.15) is 31.2 Å². The van der Waals surface area contributed by atoms with Gasteiger partial charge >= 0.3 is 0 Å². The van der Waals surface area contributed by atoms with E-state index in [-0.39, 0.29) is 0 Å². The third-order valence-corrected chi connectivity index (χ3v) is 2.68. The highest BCUT2D eigenvalue weighted by molar-refractivity contribution is 5.45.